The van der Waals surface area contributed by atoms with Gasteiger partial charge in [-0.25, -0.2) is 0 Å². The summed E-state index contributed by atoms with van der Waals surface area (Å²) < 4.78 is 5.61. The van der Waals surface area contributed by atoms with Crippen LogP contribution < -0.4 is 5.32 Å². The van der Waals surface area contributed by atoms with Gasteiger partial charge in [0.25, 0.3) is 0 Å². The minimum absolute atomic E-state index is 0.301. The summed E-state index contributed by atoms with van der Waals surface area (Å²) in [6.07, 6.45) is 2.29. The molecule has 1 N–H and O–H groups in total. The molecule has 1 heterocycles. The summed E-state index contributed by atoms with van der Waals surface area (Å²) in [6.45, 7) is 7.19. The van der Waals surface area contributed by atoms with E-state index >= 15 is 0 Å². The highest BCUT2D eigenvalue weighted by atomic mass is 16.5. The predicted molar refractivity (Wildman–Crippen MR) is 71.4 cm³/mol. The minimum Gasteiger partial charge on any atom is -0.381 e. The highest BCUT2D eigenvalue weighted by Crippen LogP contribution is 2.32. The van der Waals surface area contributed by atoms with Gasteiger partial charge in [0, 0.05) is 18.6 Å². The van der Waals surface area contributed by atoms with E-state index in [4.69, 9.17) is 4.74 Å². The normalized spacial score (nSPS) is 24.2. The van der Waals surface area contributed by atoms with Crippen LogP contribution in [0.1, 0.15) is 23.1 Å². The second-order valence-electron chi connectivity index (χ2n) is 5.51. The van der Waals surface area contributed by atoms with Crippen LogP contribution in [0.4, 0.5) is 0 Å². The van der Waals surface area contributed by atoms with Crippen LogP contribution in [-0.4, -0.2) is 26.8 Å². The Hall–Kier alpha value is -0.860. The summed E-state index contributed by atoms with van der Waals surface area (Å²) in [6, 6.07) is 6.85. The topological polar surface area (TPSA) is 21.3 Å². The SMILES string of the molecule is CNCC1(Cc2cc(C)cc(C)c2)CCOC1. The zero-order valence-electron chi connectivity index (χ0n) is 11.2. The van der Waals surface area contributed by atoms with Crippen molar-refractivity contribution in [2.75, 3.05) is 26.8 Å². The minimum atomic E-state index is 0.301. The molecule has 1 aromatic carbocycles. The van der Waals surface area contributed by atoms with E-state index in [0.29, 0.717) is 5.41 Å². The summed E-state index contributed by atoms with van der Waals surface area (Å²) in [4.78, 5) is 0. The fourth-order valence-corrected chi connectivity index (χ4v) is 2.97. The first-order valence-electron chi connectivity index (χ1n) is 6.43. The summed E-state index contributed by atoms with van der Waals surface area (Å²) >= 11 is 0. The van der Waals surface area contributed by atoms with E-state index in [2.05, 4.69) is 37.4 Å². The molecular weight excluding hydrogens is 210 g/mol. The molecule has 2 nitrogen and oxygen atoms in total. The van der Waals surface area contributed by atoms with Crippen molar-refractivity contribution in [3.05, 3.63) is 34.9 Å². The van der Waals surface area contributed by atoms with Crippen molar-refractivity contribution < 1.29 is 4.74 Å². The molecule has 0 aliphatic carbocycles. The molecule has 2 heteroatoms. The van der Waals surface area contributed by atoms with Gasteiger partial charge < -0.3 is 10.1 Å². The molecule has 17 heavy (non-hydrogen) atoms. The van der Waals surface area contributed by atoms with Crippen LogP contribution in [0.2, 0.25) is 0 Å². The molecule has 0 aromatic heterocycles. The van der Waals surface area contributed by atoms with Crippen molar-refractivity contribution in [1.82, 2.24) is 5.32 Å². The van der Waals surface area contributed by atoms with Gasteiger partial charge in [0.2, 0.25) is 0 Å². The van der Waals surface area contributed by atoms with Gasteiger partial charge in [0.05, 0.1) is 6.61 Å². The molecule has 0 spiro atoms. The van der Waals surface area contributed by atoms with Gasteiger partial charge in [0.15, 0.2) is 0 Å². The Labute approximate surface area is 104 Å². The molecule has 94 valence electrons. The second kappa shape index (κ2) is 5.19. The van der Waals surface area contributed by atoms with E-state index in [1.165, 1.54) is 23.1 Å². The highest BCUT2D eigenvalue weighted by molar-refractivity contribution is 5.29. The van der Waals surface area contributed by atoms with Crippen molar-refractivity contribution >= 4 is 0 Å². The summed E-state index contributed by atoms with van der Waals surface area (Å²) in [5.41, 5.74) is 4.47. The molecule has 1 saturated heterocycles. The zero-order valence-corrected chi connectivity index (χ0v) is 11.2. The molecule has 1 unspecified atom stereocenters. The maximum atomic E-state index is 5.61. The van der Waals surface area contributed by atoms with Crippen LogP contribution in [0.3, 0.4) is 0 Å². The Morgan fingerprint density at radius 1 is 1.24 bits per heavy atom. The lowest BCUT2D eigenvalue weighted by Gasteiger charge is -2.27. The average Bonchev–Trinajstić information content (AvgIpc) is 2.65. The van der Waals surface area contributed by atoms with E-state index < -0.39 is 0 Å². The quantitative estimate of drug-likeness (QED) is 0.862. The van der Waals surface area contributed by atoms with E-state index in [9.17, 15) is 0 Å². The molecule has 0 amide bonds. The summed E-state index contributed by atoms with van der Waals surface area (Å²) in [5.74, 6) is 0. The molecule has 2 rings (SSSR count). The first-order valence-corrected chi connectivity index (χ1v) is 6.43. The molecule has 1 aliphatic heterocycles. The summed E-state index contributed by atoms with van der Waals surface area (Å²) in [5, 5.41) is 3.32. The third kappa shape index (κ3) is 3.08. The molecule has 1 fully saturated rings. The monoisotopic (exact) mass is 233 g/mol. The van der Waals surface area contributed by atoms with Crippen molar-refractivity contribution in [2.24, 2.45) is 5.41 Å². The molecule has 1 atom stereocenters. The van der Waals surface area contributed by atoms with Crippen LogP contribution in [0.25, 0.3) is 0 Å². The number of nitrogens with one attached hydrogen (secondary N) is 1. The first-order chi connectivity index (χ1) is 8.13. The van der Waals surface area contributed by atoms with Crippen molar-refractivity contribution in [2.45, 2.75) is 26.7 Å². The van der Waals surface area contributed by atoms with Crippen molar-refractivity contribution in [3.8, 4) is 0 Å². The van der Waals surface area contributed by atoms with Crippen molar-refractivity contribution in [1.29, 1.82) is 0 Å². The van der Waals surface area contributed by atoms with Gasteiger partial charge in [-0.05, 0) is 39.3 Å². The summed E-state index contributed by atoms with van der Waals surface area (Å²) in [7, 11) is 2.03. The number of benzene rings is 1. The Morgan fingerprint density at radius 2 is 1.94 bits per heavy atom. The Bertz CT molecular complexity index is 360. The largest absolute Gasteiger partial charge is 0.381 e. The lowest BCUT2D eigenvalue weighted by molar-refractivity contribution is 0.150. The van der Waals surface area contributed by atoms with Gasteiger partial charge in [0.1, 0.15) is 0 Å². The number of hydrogen-bond donors (Lipinski definition) is 1. The second-order valence-corrected chi connectivity index (χ2v) is 5.51. The van der Waals surface area contributed by atoms with Crippen LogP contribution in [0.5, 0.6) is 0 Å². The number of rotatable bonds is 4. The van der Waals surface area contributed by atoms with Gasteiger partial charge in [-0.15, -0.1) is 0 Å². The fourth-order valence-electron chi connectivity index (χ4n) is 2.97. The van der Waals surface area contributed by atoms with Gasteiger partial charge in [-0.1, -0.05) is 29.3 Å². The predicted octanol–water partition coefficient (Wildman–Crippen LogP) is 2.47. The number of aryl methyl sites for hydroxylation is 2. The Morgan fingerprint density at radius 3 is 2.47 bits per heavy atom. The van der Waals surface area contributed by atoms with Crippen LogP contribution in [-0.2, 0) is 11.2 Å². The Kier molecular flexibility index (Phi) is 3.85. The lowest BCUT2D eigenvalue weighted by atomic mass is 9.80. The number of hydrogen-bond acceptors (Lipinski definition) is 2. The molecular formula is C15H23NO. The zero-order chi connectivity index (χ0) is 12.3. The molecule has 0 radical (unpaired) electrons. The van der Waals surface area contributed by atoms with E-state index in [-0.39, 0.29) is 0 Å². The van der Waals surface area contributed by atoms with Crippen LogP contribution >= 0.6 is 0 Å². The van der Waals surface area contributed by atoms with Gasteiger partial charge in [-0.2, -0.15) is 0 Å². The lowest BCUT2D eigenvalue weighted by Crippen LogP contribution is -2.35. The van der Waals surface area contributed by atoms with Gasteiger partial charge >= 0.3 is 0 Å². The van der Waals surface area contributed by atoms with Gasteiger partial charge in [-0.3, -0.25) is 0 Å². The van der Waals surface area contributed by atoms with Crippen molar-refractivity contribution in [3.63, 3.8) is 0 Å². The number of ether oxygens (including phenoxy) is 1. The van der Waals surface area contributed by atoms with E-state index in [1.807, 2.05) is 7.05 Å². The molecule has 0 bridgehead atoms. The van der Waals surface area contributed by atoms with E-state index in [1.54, 1.807) is 0 Å². The maximum absolute atomic E-state index is 5.61. The third-order valence-electron chi connectivity index (χ3n) is 3.60. The standard InChI is InChI=1S/C15H23NO/c1-12-6-13(2)8-14(7-12)9-15(10-16-3)4-5-17-11-15/h6-8,16H,4-5,9-11H2,1-3H3. The first kappa shape index (κ1) is 12.6. The van der Waals surface area contributed by atoms with E-state index in [0.717, 1.165) is 26.2 Å². The molecule has 1 aliphatic rings. The van der Waals surface area contributed by atoms with Crippen LogP contribution in [0.15, 0.2) is 18.2 Å². The smallest absolute Gasteiger partial charge is 0.0538 e. The highest BCUT2D eigenvalue weighted by Gasteiger charge is 2.34. The average molecular weight is 233 g/mol. The van der Waals surface area contributed by atoms with Crippen LogP contribution in [0, 0.1) is 19.3 Å². The molecule has 1 aromatic rings. The third-order valence-corrected chi connectivity index (χ3v) is 3.60. The Balaban J connectivity index is 2.17. The fraction of sp³-hybridized carbons (Fsp3) is 0.600. The molecule has 0 saturated carbocycles. The maximum Gasteiger partial charge on any atom is 0.0538 e.